The van der Waals surface area contributed by atoms with E-state index in [2.05, 4.69) is 15.4 Å². The third-order valence-corrected chi connectivity index (χ3v) is 5.71. The van der Waals surface area contributed by atoms with Gasteiger partial charge in [-0.05, 0) is 59.7 Å². The number of ether oxygens (including phenoxy) is 1. The molecule has 0 bridgehead atoms. The second-order valence-corrected chi connectivity index (χ2v) is 8.23. The number of hydrogen-bond donors (Lipinski definition) is 1. The van der Waals surface area contributed by atoms with Crippen LogP contribution in [0.25, 0.3) is 22.5 Å². The van der Waals surface area contributed by atoms with Crippen molar-refractivity contribution in [1.29, 1.82) is 0 Å². The Morgan fingerprint density at radius 1 is 0.889 bits per heavy atom. The Morgan fingerprint density at radius 3 is 2.22 bits per heavy atom. The Bertz CT molecular complexity index is 1550. The van der Waals surface area contributed by atoms with Crippen molar-refractivity contribution in [3.05, 3.63) is 112 Å². The van der Waals surface area contributed by atoms with Crippen LogP contribution in [0, 0.1) is 5.82 Å². The van der Waals surface area contributed by atoms with Crippen molar-refractivity contribution in [2.24, 2.45) is 0 Å². The lowest BCUT2D eigenvalue weighted by molar-refractivity contribution is 0.297. The highest BCUT2D eigenvalue weighted by Gasteiger charge is 2.20. The minimum atomic E-state index is -0.525. The molecular formula is C26H19ClFN5O3. The predicted molar refractivity (Wildman–Crippen MR) is 132 cm³/mol. The highest BCUT2D eigenvalue weighted by atomic mass is 35.5. The molecule has 36 heavy (non-hydrogen) atoms. The second-order valence-electron chi connectivity index (χ2n) is 7.80. The zero-order chi connectivity index (χ0) is 25.1. The Morgan fingerprint density at radius 2 is 1.56 bits per heavy atom. The van der Waals surface area contributed by atoms with Gasteiger partial charge in [0.2, 0.25) is 5.75 Å². The zero-order valence-electron chi connectivity index (χ0n) is 18.8. The molecule has 1 N–H and O–H groups in total. The van der Waals surface area contributed by atoms with E-state index in [1.807, 2.05) is 12.1 Å². The number of halogens is 2. The largest absolute Gasteiger partial charge is 0.449 e. The highest BCUT2D eigenvalue weighted by Crippen LogP contribution is 2.28. The van der Waals surface area contributed by atoms with Crippen molar-refractivity contribution in [2.75, 3.05) is 6.61 Å². The van der Waals surface area contributed by atoms with Crippen molar-refractivity contribution >= 4 is 11.6 Å². The van der Waals surface area contributed by atoms with E-state index < -0.39 is 5.56 Å². The van der Waals surface area contributed by atoms with Gasteiger partial charge in [0.15, 0.2) is 0 Å². The third kappa shape index (κ3) is 4.74. The average Bonchev–Trinajstić information content (AvgIpc) is 3.35. The Hall–Kier alpha value is -4.34. The first-order valence-corrected chi connectivity index (χ1v) is 11.3. The minimum absolute atomic E-state index is 0.0285. The number of benzene rings is 3. The number of rotatable bonds is 7. The van der Waals surface area contributed by atoms with Gasteiger partial charge in [-0.25, -0.2) is 9.07 Å². The molecule has 8 nitrogen and oxygen atoms in total. The molecule has 0 radical (unpaired) electrons. The SMILES string of the molecule is O=c1c(Oc2ccc(-c3ccc(F)cc3)cc2)c(-n2nncc2CCO)cnn1-c1ccc(Cl)cc1. The molecule has 180 valence electrons. The van der Waals surface area contributed by atoms with Crippen LogP contribution in [0.1, 0.15) is 5.69 Å². The summed E-state index contributed by atoms with van der Waals surface area (Å²) in [4.78, 5) is 13.6. The van der Waals surface area contributed by atoms with Crippen LogP contribution in [0.5, 0.6) is 11.5 Å². The van der Waals surface area contributed by atoms with Crippen LogP contribution in [-0.4, -0.2) is 36.5 Å². The molecule has 0 fully saturated rings. The molecule has 0 aliphatic heterocycles. The van der Waals surface area contributed by atoms with Gasteiger partial charge in [-0.3, -0.25) is 4.79 Å². The van der Waals surface area contributed by atoms with E-state index in [-0.39, 0.29) is 30.3 Å². The number of nitrogens with zero attached hydrogens (tertiary/aromatic N) is 5. The lowest BCUT2D eigenvalue weighted by atomic mass is 10.1. The first-order chi connectivity index (χ1) is 17.5. The van der Waals surface area contributed by atoms with E-state index >= 15 is 0 Å². The summed E-state index contributed by atoms with van der Waals surface area (Å²) in [5, 5.41) is 22.2. The summed E-state index contributed by atoms with van der Waals surface area (Å²) >= 11 is 5.99. The van der Waals surface area contributed by atoms with Gasteiger partial charge in [-0.2, -0.15) is 9.78 Å². The number of aliphatic hydroxyl groups is 1. The summed E-state index contributed by atoms with van der Waals surface area (Å²) < 4.78 is 22.0. The molecule has 5 rings (SSSR count). The lowest BCUT2D eigenvalue weighted by Gasteiger charge is -2.14. The van der Waals surface area contributed by atoms with Gasteiger partial charge in [0.1, 0.15) is 17.3 Å². The van der Waals surface area contributed by atoms with E-state index in [4.69, 9.17) is 16.3 Å². The van der Waals surface area contributed by atoms with Gasteiger partial charge >= 0.3 is 5.56 Å². The summed E-state index contributed by atoms with van der Waals surface area (Å²) in [6, 6.07) is 19.9. The van der Waals surface area contributed by atoms with Crippen LogP contribution in [0.15, 0.2) is 90.0 Å². The molecule has 2 aromatic heterocycles. The number of aliphatic hydroxyl groups excluding tert-OH is 1. The standard InChI is InChI=1S/C26H19ClFN5O3/c27-19-5-9-21(10-6-19)33-26(35)25(24(16-30-33)32-22(13-14-34)15-29-31-32)36-23-11-3-18(4-12-23)17-1-7-20(28)8-2-17/h1-12,15-16,34H,13-14H2. The summed E-state index contributed by atoms with van der Waals surface area (Å²) in [5.74, 6) is 0.0608. The fourth-order valence-electron chi connectivity index (χ4n) is 3.66. The van der Waals surface area contributed by atoms with Crippen LogP contribution in [0.4, 0.5) is 4.39 Å². The van der Waals surface area contributed by atoms with E-state index in [0.29, 0.717) is 22.2 Å². The normalized spacial score (nSPS) is 11.0. The average molecular weight is 504 g/mol. The summed E-state index contributed by atoms with van der Waals surface area (Å²) in [6.45, 7) is -0.121. The highest BCUT2D eigenvalue weighted by molar-refractivity contribution is 6.30. The van der Waals surface area contributed by atoms with Gasteiger partial charge in [0, 0.05) is 18.1 Å². The molecule has 10 heteroatoms. The van der Waals surface area contributed by atoms with E-state index in [0.717, 1.165) is 11.1 Å². The van der Waals surface area contributed by atoms with Crippen molar-refractivity contribution < 1.29 is 14.2 Å². The van der Waals surface area contributed by atoms with Crippen molar-refractivity contribution in [2.45, 2.75) is 6.42 Å². The maximum Gasteiger partial charge on any atom is 0.316 e. The van der Waals surface area contributed by atoms with Crippen LogP contribution in [0.3, 0.4) is 0 Å². The maximum absolute atomic E-state index is 13.6. The summed E-state index contributed by atoms with van der Waals surface area (Å²) in [6.07, 6.45) is 3.23. The van der Waals surface area contributed by atoms with Crippen LogP contribution < -0.4 is 10.3 Å². The molecule has 0 spiro atoms. The second kappa shape index (κ2) is 10.1. The molecule has 0 amide bonds. The fraction of sp³-hybridized carbons (Fsp3) is 0.0769. The predicted octanol–water partition coefficient (Wildman–Crippen LogP) is 4.60. The summed E-state index contributed by atoms with van der Waals surface area (Å²) in [7, 11) is 0. The minimum Gasteiger partial charge on any atom is -0.449 e. The molecule has 0 saturated carbocycles. The van der Waals surface area contributed by atoms with Crippen molar-refractivity contribution in [3.8, 4) is 34.0 Å². The molecular weight excluding hydrogens is 485 g/mol. The van der Waals surface area contributed by atoms with Crippen molar-refractivity contribution in [1.82, 2.24) is 24.8 Å². The van der Waals surface area contributed by atoms with Crippen LogP contribution in [0.2, 0.25) is 5.02 Å². The molecule has 0 unspecified atom stereocenters. The van der Waals surface area contributed by atoms with E-state index in [9.17, 15) is 14.3 Å². The van der Waals surface area contributed by atoms with Crippen molar-refractivity contribution in [3.63, 3.8) is 0 Å². The first kappa shape index (κ1) is 23.4. The quantitative estimate of drug-likeness (QED) is 0.349. The molecule has 3 aromatic carbocycles. The molecule has 0 saturated heterocycles. The van der Waals surface area contributed by atoms with Crippen LogP contribution >= 0.6 is 11.6 Å². The Kier molecular flexibility index (Phi) is 6.57. The van der Waals surface area contributed by atoms with Gasteiger partial charge < -0.3 is 9.84 Å². The lowest BCUT2D eigenvalue weighted by Crippen LogP contribution is -2.24. The Balaban J connectivity index is 1.57. The van der Waals surface area contributed by atoms with Gasteiger partial charge in [0.05, 0.1) is 23.8 Å². The van der Waals surface area contributed by atoms with E-state index in [1.165, 1.54) is 33.9 Å². The van der Waals surface area contributed by atoms with Gasteiger partial charge in [0.25, 0.3) is 0 Å². The van der Waals surface area contributed by atoms with Gasteiger partial charge in [-0.1, -0.05) is 41.1 Å². The molecule has 5 aromatic rings. The Labute approximate surface area is 209 Å². The number of aromatic nitrogens is 5. The smallest absolute Gasteiger partial charge is 0.316 e. The zero-order valence-corrected chi connectivity index (χ0v) is 19.5. The fourth-order valence-corrected chi connectivity index (χ4v) is 3.79. The maximum atomic E-state index is 13.6. The van der Waals surface area contributed by atoms with Gasteiger partial charge in [-0.15, -0.1) is 5.10 Å². The monoisotopic (exact) mass is 503 g/mol. The third-order valence-electron chi connectivity index (χ3n) is 5.45. The molecule has 0 atom stereocenters. The summed E-state index contributed by atoms with van der Waals surface area (Å²) in [5.41, 5.74) is 2.53. The topological polar surface area (TPSA) is 95.1 Å². The molecule has 0 aliphatic carbocycles. The number of hydrogen-bond acceptors (Lipinski definition) is 6. The first-order valence-electron chi connectivity index (χ1n) is 11.0. The molecule has 2 heterocycles. The van der Waals surface area contributed by atoms with E-state index in [1.54, 1.807) is 48.5 Å². The molecule has 0 aliphatic rings. The van der Waals surface area contributed by atoms with Crippen LogP contribution in [-0.2, 0) is 6.42 Å².